The van der Waals surface area contributed by atoms with Crippen molar-refractivity contribution in [2.75, 3.05) is 25.9 Å². The van der Waals surface area contributed by atoms with Crippen LogP contribution >= 0.6 is 0 Å². The molecule has 0 aromatic heterocycles. The third kappa shape index (κ3) is 5.82. The minimum atomic E-state index is -3.05. The van der Waals surface area contributed by atoms with Crippen molar-refractivity contribution in [1.82, 2.24) is 9.62 Å². The van der Waals surface area contributed by atoms with Gasteiger partial charge < -0.3 is 5.32 Å². The Balaban J connectivity index is 3.96. The zero-order valence-electron chi connectivity index (χ0n) is 11.0. The molecular formula is C11H26N2O2S. The van der Waals surface area contributed by atoms with Crippen molar-refractivity contribution in [3.05, 3.63) is 0 Å². The molecule has 16 heavy (non-hydrogen) atoms. The highest BCUT2D eigenvalue weighted by Gasteiger charge is 2.21. The molecule has 1 atom stereocenters. The van der Waals surface area contributed by atoms with Gasteiger partial charge in [-0.3, -0.25) is 0 Å². The maximum atomic E-state index is 11.9. The van der Waals surface area contributed by atoms with Crippen molar-refractivity contribution < 1.29 is 8.42 Å². The van der Waals surface area contributed by atoms with Crippen molar-refractivity contribution in [3.8, 4) is 0 Å². The van der Waals surface area contributed by atoms with Crippen molar-refractivity contribution in [2.45, 2.75) is 46.1 Å². The van der Waals surface area contributed by atoms with E-state index >= 15 is 0 Å². The topological polar surface area (TPSA) is 49.4 Å². The summed E-state index contributed by atoms with van der Waals surface area (Å²) in [4.78, 5) is 0. The summed E-state index contributed by atoms with van der Waals surface area (Å²) in [6.45, 7) is 7.84. The quantitative estimate of drug-likeness (QED) is 0.630. The van der Waals surface area contributed by atoms with E-state index in [0.29, 0.717) is 0 Å². The summed E-state index contributed by atoms with van der Waals surface area (Å²) < 4.78 is 25.2. The number of unbranched alkanes of at least 4 members (excludes halogenated alkanes) is 1. The summed E-state index contributed by atoms with van der Waals surface area (Å²) in [6.07, 6.45) is 2.50. The van der Waals surface area contributed by atoms with Gasteiger partial charge in [-0.15, -0.1) is 0 Å². The number of hydrogen-bond donors (Lipinski definition) is 1. The molecule has 0 saturated carbocycles. The number of rotatable bonds is 9. The molecule has 0 aliphatic rings. The molecule has 5 heteroatoms. The van der Waals surface area contributed by atoms with E-state index in [1.165, 1.54) is 4.31 Å². The number of hydrogen-bond acceptors (Lipinski definition) is 3. The molecule has 0 aromatic carbocycles. The van der Waals surface area contributed by atoms with Gasteiger partial charge in [0, 0.05) is 13.1 Å². The Kier molecular flexibility index (Phi) is 7.97. The summed E-state index contributed by atoms with van der Waals surface area (Å²) >= 11 is 0. The van der Waals surface area contributed by atoms with Gasteiger partial charge in [0.05, 0.1) is 5.75 Å². The fourth-order valence-electron chi connectivity index (χ4n) is 1.39. The average Bonchev–Trinajstić information content (AvgIpc) is 2.26. The average molecular weight is 250 g/mol. The first kappa shape index (κ1) is 15.9. The summed E-state index contributed by atoms with van der Waals surface area (Å²) in [7, 11) is -1.38. The highest BCUT2D eigenvalue weighted by Crippen LogP contribution is 2.09. The lowest BCUT2D eigenvalue weighted by molar-refractivity contribution is 0.380. The van der Waals surface area contributed by atoms with Gasteiger partial charge in [-0.1, -0.05) is 13.8 Å². The number of nitrogens with zero attached hydrogens (tertiary/aromatic N) is 1. The second-order valence-electron chi connectivity index (χ2n) is 4.15. The van der Waals surface area contributed by atoms with E-state index in [4.69, 9.17) is 0 Å². The Morgan fingerprint density at radius 1 is 1.25 bits per heavy atom. The van der Waals surface area contributed by atoms with Crippen molar-refractivity contribution >= 4 is 10.0 Å². The molecule has 0 radical (unpaired) electrons. The van der Waals surface area contributed by atoms with Crippen molar-refractivity contribution in [1.29, 1.82) is 0 Å². The molecule has 1 N–H and O–H groups in total. The number of nitrogens with one attached hydrogen (secondary N) is 1. The molecule has 0 aliphatic heterocycles. The van der Waals surface area contributed by atoms with Gasteiger partial charge in [-0.25, -0.2) is 12.7 Å². The molecule has 0 fully saturated rings. The Morgan fingerprint density at radius 2 is 1.88 bits per heavy atom. The van der Waals surface area contributed by atoms with Gasteiger partial charge in [-0.05, 0) is 39.3 Å². The Bertz CT molecular complexity index is 265. The van der Waals surface area contributed by atoms with Crippen LogP contribution in [0.3, 0.4) is 0 Å². The van der Waals surface area contributed by atoms with Crippen LogP contribution in [-0.4, -0.2) is 44.7 Å². The fraction of sp³-hybridized carbons (Fsp3) is 1.00. The van der Waals surface area contributed by atoms with Gasteiger partial charge >= 0.3 is 0 Å². The first-order valence-corrected chi connectivity index (χ1v) is 7.73. The predicted molar refractivity (Wildman–Crippen MR) is 69.1 cm³/mol. The van der Waals surface area contributed by atoms with Crippen LogP contribution in [0.15, 0.2) is 0 Å². The van der Waals surface area contributed by atoms with Gasteiger partial charge in [0.15, 0.2) is 0 Å². The van der Waals surface area contributed by atoms with E-state index in [1.54, 1.807) is 7.05 Å². The molecule has 0 aliphatic carbocycles. The monoisotopic (exact) mass is 250 g/mol. The van der Waals surface area contributed by atoms with E-state index in [1.807, 2.05) is 20.8 Å². The highest BCUT2D eigenvalue weighted by molar-refractivity contribution is 7.89. The molecule has 0 heterocycles. The Hall–Kier alpha value is -0.130. The molecule has 98 valence electrons. The summed E-state index contributed by atoms with van der Waals surface area (Å²) in [5.74, 6) is 0.263. The lowest BCUT2D eigenvalue weighted by Crippen LogP contribution is -2.36. The van der Waals surface area contributed by atoms with Gasteiger partial charge in [0.25, 0.3) is 0 Å². The molecule has 0 spiro atoms. The molecular weight excluding hydrogens is 224 g/mol. The van der Waals surface area contributed by atoms with Gasteiger partial charge in [-0.2, -0.15) is 0 Å². The van der Waals surface area contributed by atoms with E-state index in [2.05, 4.69) is 5.32 Å². The summed E-state index contributed by atoms with van der Waals surface area (Å²) in [5.41, 5.74) is 0. The van der Waals surface area contributed by atoms with Crippen LogP contribution in [0.1, 0.15) is 40.0 Å². The van der Waals surface area contributed by atoms with Crippen molar-refractivity contribution in [3.63, 3.8) is 0 Å². The molecule has 0 rings (SSSR count). The SMILES string of the molecule is CCNCCCCS(=O)(=O)N(C)C(C)CC. The predicted octanol–water partition coefficient (Wildman–Crippen LogP) is 1.44. The standard InChI is InChI=1S/C11H26N2O2S/c1-5-11(3)13(4)16(14,15)10-8-7-9-12-6-2/h11-12H,5-10H2,1-4H3. The second kappa shape index (κ2) is 8.03. The third-order valence-corrected chi connectivity index (χ3v) is 4.95. The maximum absolute atomic E-state index is 11.9. The minimum absolute atomic E-state index is 0.0961. The van der Waals surface area contributed by atoms with E-state index in [-0.39, 0.29) is 11.8 Å². The largest absolute Gasteiger partial charge is 0.317 e. The molecule has 0 saturated heterocycles. The summed E-state index contributed by atoms with van der Waals surface area (Å²) in [6, 6.07) is 0.0961. The zero-order valence-corrected chi connectivity index (χ0v) is 11.8. The molecule has 0 amide bonds. The first-order chi connectivity index (χ1) is 7.45. The molecule has 0 bridgehead atoms. The lowest BCUT2D eigenvalue weighted by Gasteiger charge is -2.23. The highest BCUT2D eigenvalue weighted by atomic mass is 32.2. The van der Waals surface area contributed by atoms with Crippen LogP contribution in [0.5, 0.6) is 0 Å². The summed E-state index contributed by atoms with van der Waals surface area (Å²) in [5, 5.41) is 3.19. The van der Waals surface area contributed by atoms with Gasteiger partial charge in [0.2, 0.25) is 10.0 Å². The smallest absolute Gasteiger partial charge is 0.214 e. The van der Waals surface area contributed by atoms with E-state index < -0.39 is 10.0 Å². The lowest BCUT2D eigenvalue weighted by atomic mass is 10.3. The van der Waals surface area contributed by atoms with E-state index in [0.717, 1.165) is 32.4 Å². The minimum Gasteiger partial charge on any atom is -0.317 e. The second-order valence-corrected chi connectivity index (χ2v) is 6.30. The van der Waals surface area contributed by atoms with Gasteiger partial charge in [0.1, 0.15) is 0 Å². The zero-order chi connectivity index (χ0) is 12.6. The molecule has 1 unspecified atom stereocenters. The molecule has 4 nitrogen and oxygen atoms in total. The van der Waals surface area contributed by atoms with Crippen molar-refractivity contribution in [2.24, 2.45) is 0 Å². The maximum Gasteiger partial charge on any atom is 0.214 e. The van der Waals surface area contributed by atoms with Crippen LogP contribution in [0.25, 0.3) is 0 Å². The van der Waals surface area contributed by atoms with Crippen LogP contribution in [0.4, 0.5) is 0 Å². The fourth-order valence-corrected chi connectivity index (χ4v) is 2.94. The van der Waals surface area contributed by atoms with Crippen LogP contribution < -0.4 is 5.32 Å². The van der Waals surface area contributed by atoms with E-state index in [9.17, 15) is 8.42 Å². The normalized spacial score (nSPS) is 14.3. The first-order valence-electron chi connectivity index (χ1n) is 6.12. The van der Waals surface area contributed by atoms with Crippen LogP contribution in [-0.2, 0) is 10.0 Å². The molecule has 0 aromatic rings. The Morgan fingerprint density at radius 3 is 2.38 bits per heavy atom. The number of sulfonamides is 1. The van der Waals surface area contributed by atoms with Crippen LogP contribution in [0, 0.1) is 0 Å². The Labute approximate surface area is 100 Å². The third-order valence-electron chi connectivity index (χ3n) is 2.91. The van der Waals surface area contributed by atoms with Crippen LogP contribution in [0.2, 0.25) is 0 Å².